The van der Waals surface area contributed by atoms with E-state index in [-0.39, 0.29) is 17.1 Å². The number of anilines is 1. The Bertz CT molecular complexity index is 713. The fraction of sp³-hybridized carbons (Fsp3) is 0.250. The molecular weight excluding hydrogens is 283 g/mol. The minimum absolute atomic E-state index is 0.00884. The normalized spacial score (nSPS) is 12.0. The summed E-state index contributed by atoms with van der Waals surface area (Å²) in [6.07, 6.45) is 3.15. The van der Waals surface area contributed by atoms with Gasteiger partial charge < -0.3 is 10.7 Å². The van der Waals surface area contributed by atoms with Crippen LogP contribution in [0.5, 0.6) is 0 Å². The van der Waals surface area contributed by atoms with E-state index in [1.165, 1.54) is 20.2 Å². The summed E-state index contributed by atoms with van der Waals surface area (Å²) in [5, 5.41) is 0. The van der Waals surface area contributed by atoms with Crippen molar-refractivity contribution in [2.45, 2.75) is 18.4 Å². The summed E-state index contributed by atoms with van der Waals surface area (Å²) in [5.74, 6) is -0.112. The molecule has 0 unspecified atom stereocenters. The lowest BCUT2D eigenvalue weighted by molar-refractivity contribution is 0.457. The van der Waals surface area contributed by atoms with Crippen LogP contribution in [-0.2, 0) is 16.6 Å². The van der Waals surface area contributed by atoms with Gasteiger partial charge in [0.2, 0.25) is 10.0 Å². The Labute approximate surface area is 116 Å². The van der Waals surface area contributed by atoms with Crippen LogP contribution >= 0.6 is 0 Å². The molecule has 1 aromatic heterocycles. The predicted molar refractivity (Wildman–Crippen MR) is 72.8 cm³/mol. The van der Waals surface area contributed by atoms with Gasteiger partial charge in [0.15, 0.2) is 0 Å². The van der Waals surface area contributed by atoms with Crippen molar-refractivity contribution in [3.63, 3.8) is 0 Å². The molecule has 0 fully saturated rings. The third-order valence-corrected chi connectivity index (χ3v) is 4.86. The molecule has 3 N–H and O–H groups in total. The second kappa shape index (κ2) is 5.22. The first-order valence-electron chi connectivity index (χ1n) is 5.82. The average Bonchev–Trinajstić information content (AvgIpc) is 2.86. The number of sulfonamides is 1. The molecule has 0 aliphatic rings. The molecular formula is C12H15FN4O2S. The first-order chi connectivity index (χ1) is 9.32. The fourth-order valence-electron chi connectivity index (χ4n) is 1.79. The van der Waals surface area contributed by atoms with Crippen LogP contribution in [0.2, 0.25) is 0 Å². The maximum absolute atomic E-state index is 13.3. The number of hydrogen-bond acceptors (Lipinski definition) is 4. The minimum atomic E-state index is -3.76. The Balaban J connectivity index is 2.37. The molecule has 2 rings (SSSR count). The molecule has 1 heterocycles. The van der Waals surface area contributed by atoms with E-state index in [0.29, 0.717) is 11.4 Å². The molecule has 0 atom stereocenters. The summed E-state index contributed by atoms with van der Waals surface area (Å²) in [6.45, 7) is 1.61. The van der Waals surface area contributed by atoms with Gasteiger partial charge in [0.25, 0.3) is 0 Å². The number of H-pyrrole nitrogens is 1. The standard InChI is InChI=1S/C12H15FN4O2S/c1-8-5-9(13)10(14)6-11(8)20(18,19)17(2)7-12-15-3-4-16-12/h3-6H,7,14H2,1-2H3,(H,15,16). The van der Waals surface area contributed by atoms with Crippen LogP contribution in [0, 0.1) is 12.7 Å². The number of aromatic nitrogens is 2. The van der Waals surface area contributed by atoms with Gasteiger partial charge in [0, 0.05) is 19.4 Å². The summed E-state index contributed by atoms with van der Waals surface area (Å²) in [4.78, 5) is 6.79. The highest BCUT2D eigenvalue weighted by Gasteiger charge is 2.24. The van der Waals surface area contributed by atoms with Gasteiger partial charge in [-0.3, -0.25) is 0 Å². The van der Waals surface area contributed by atoms with E-state index >= 15 is 0 Å². The fourth-order valence-corrected chi connectivity index (χ4v) is 3.16. The Kier molecular flexibility index (Phi) is 3.78. The van der Waals surface area contributed by atoms with Crippen LogP contribution in [0.15, 0.2) is 29.4 Å². The number of nitrogens with two attached hydrogens (primary N) is 1. The molecule has 2 aromatic rings. The number of nitrogen functional groups attached to an aromatic ring is 1. The number of imidazole rings is 1. The van der Waals surface area contributed by atoms with Gasteiger partial charge in [0.05, 0.1) is 17.1 Å². The SMILES string of the molecule is Cc1cc(F)c(N)cc1S(=O)(=O)N(C)Cc1ncc[nH]1. The summed E-state index contributed by atoms with van der Waals surface area (Å²) >= 11 is 0. The highest BCUT2D eigenvalue weighted by molar-refractivity contribution is 7.89. The Morgan fingerprint density at radius 2 is 2.15 bits per heavy atom. The van der Waals surface area contributed by atoms with E-state index in [9.17, 15) is 12.8 Å². The summed E-state index contributed by atoms with van der Waals surface area (Å²) in [7, 11) is -2.33. The summed E-state index contributed by atoms with van der Waals surface area (Å²) in [5.41, 5.74) is 5.56. The molecule has 6 nitrogen and oxygen atoms in total. The van der Waals surface area contributed by atoms with Crippen molar-refractivity contribution < 1.29 is 12.8 Å². The van der Waals surface area contributed by atoms with E-state index < -0.39 is 15.8 Å². The molecule has 1 aromatic carbocycles. The largest absolute Gasteiger partial charge is 0.396 e. The molecule has 20 heavy (non-hydrogen) atoms. The zero-order valence-corrected chi connectivity index (χ0v) is 11.9. The molecule has 0 saturated heterocycles. The number of halogens is 1. The minimum Gasteiger partial charge on any atom is -0.396 e. The second-order valence-electron chi connectivity index (χ2n) is 4.44. The van der Waals surface area contributed by atoms with Crippen molar-refractivity contribution in [2.75, 3.05) is 12.8 Å². The number of aromatic amines is 1. The predicted octanol–water partition coefficient (Wildman–Crippen LogP) is 1.26. The maximum atomic E-state index is 13.3. The van der Waals surface area contributed by atoms with Crippen molar-refractivity contribution >= 4 is 15.7 Å². The van der Waals surface area contributed by atoms with Crippen molar-refractivity contribution in [3.05, 3.63) is 41.7 Å². The van der Waals surface area contributed by atoms with Gasteiger partial charge in [-0.05, 0) is 24.6 Å². The number of nitrogens with one attached hydrogen (secondary N) is 1. The number of aryl methyl sites for hydroxylation is 1. The summed E-state index contributed by atoms with van der Waals surface area (Å²) < 4.78 is 39.3. The number of rotatable bonds is 4. The van der Waals surface area contributed by atoms with E-state index in [1.54, 1.807) is 6.20 Å². The molecule has 108 valence electrons. The lowest BCUT2D eigenvalue weighted by Gasteiger charge is -2.18. The molecule has 0 amide bonds. The molecule has 0 radical (unpaired) electrons. The number of hydrogen-bond donors (Lipinski definition) is 2. The van der Waals surface area contributed by atoms with Crippen LogP contribution in [0.25, 0.3) is 0 Å². The third kappa shape index (κ3) is 2.66. The zero-order chi connectivity index (χ0) is 14.9. The van der Waals surface area contributed by atoms with Gasteiger partial charge >= 0.3 is 0 Å². The van der Waals surface area contributed by atoms with E-state index in [0.717, 1.165) is 16.4 Å². The van der Waals surface area contributed by atoms with Crippen molar-refractivity contribution in [3.8, 4) is 0 Å². The molecule has 8 heteroatoms. The smallest absolute Gasteiger partial charge is 0.243 e. The molecule has 0 saturated carbocycles. The topological polar surface area (TPSA) is 92.1 Å². The van der Waals surface area contributed by atoms with Crippen molar-refractivity contribution in [1.29, 1.82) is 0 Å². The zero-order valence-electron chi connectivity index (χ0n) is 11.1. The lowest BCUT2D eigenvalue weighted by Crippen LogP contribution is -2.27. The third-order valence-electron chi connectivity index (χ3n) is 2.91. The summed E-state index contributed by atoms with van der Waals surface area (Å²) in [6, 6.07) is 2.25. The first-order valence-corrected chi connectivity index (χ1v) is 7.26. The monoisotopic (exact) mass is 298 g/mol. The van der Waals surface area contributed by atoms with Crippen LogP contribution in [0.3, 0.4) is 0 Å². The van der Waals surface area contributed by atoms with Gasteiger partial charge in [-0.1, -0.05) is 0 Å². The van der Waals surface area contributed by atoms with E-state index in [2.05, 4.69) is 9.97 Å². The highest BCUT2D eigenvalue weighted by Crippen LogP contribution is 2.24. The molecule has 0 spiro atoms. The van der Waals surface area contributed by atoms with E-state index in [4.69, 9.17) is 5.73 Å². The number of benzene rings is 1. The van der Waals surface area contributed by atoms with E-state index in [1.807, 2.05) is 0 Å². The lowest BCUT2D eigenvalue weighted by atomic mass is 10.2. The molecule has 0 bridgehead atoms. The van der Waals surface area contributed by atoms with Crippen LogP contribution in [-0.4, -0.2) is 29.7 Å². The van der Waals surface area contributed by atoms with Gasteiger partial charge in [0.1, 0.15) is 11.6 Å². The molecule has 0 aliphatic carbocycles. The first kappa shape index (κ1) is 14.5. The Morgan fingerprint density at radius 3 is 2.75 bits per heavy atom. The van der Waals surface area contributed by atoms with Crippen molar-refractivity contribution in [1.82, 2.24) is 14.3 Å². The van der Waals surface area contributed by atoms with Crippen molar-refractivity contribution in [2.24, 2.45) is 0 Å². The number of nitrogens with zero attached hydrogens (tertiary/aromatic N) is 2. The van der Waals surface area contributed by atoms with Gasteiger partial charge in [-0.25, -0.2) is 17.8 Å². The average molecular weight is 298 g/mol. The van der Waals surface area contributed by atoms with Gasteiger partial charge in [-0.2, -0.15) is 4.31 Å². The van der Waals surface area contributed by atoms with Crippen LogP contribution in [0.1, 0.15) is 11.4 Å². The quantitative estimate of drug-likeness (QED) is 0.831. The van der Waals surface area contributed by atoms with Crippen LogP contribution < -0.4 is 5.73 Å². The van der Waals surface area contributed by atoms with Crippen LogP contribution in [0.4, 0.5) is 10.1 Å². The molecule has 0 aliphatic heterocycles. The second-order valence-corrected chi connectivity index (χ2v) is 6.45. The highest BCUT2D eigenvalue weighted by atomic mass is 32.2. The Hall–Kier alpha value is -1.93. The maximum Gasteiger partial charge on any atom is 0.243 e. The Morgan fingerprint density at radius 1 is 1.45 bits per heavy atom. The van der Waals surface area contributed by atoms with Gasteiger partial charge in [-0.15, -0.1) is 0 Å².